The van der Waals surface area contributed by atoms with Crippen molar-refractivity contribution in [2.45, 2.75) is 18.3 Å². The molecule has 0 atom stereocenters. The number of pyridine rings is 1. The average Bonchev–Trinajstić information content (AvgIpc) is 3.29. The van der Waals surface area contributed by atoms with Crippen molar-refractivity contribution >= 4 is 23.1 Å². The summed E-state index contributed by atoms with van der Waals surface area (Å²) in [4.78, 5) is 27.2. The van der Waals surface area contributed by atoms with E-state index in [4.69, 9.17) is 11.6 Å². The first-order valence-electron chi connectivity index (χ1n) is 6.45. The van der Waals surface area contributed by atoms with Crippen molar-refractivity contribution in [3.8, 4) is 0 Å². The number of ketones is 1. The molecule has 6 heteroatoms. The summed E-state index contributed by atoms with van der Waals surface area (Å²) in [6.45, 7) is 0. The van der Waals surface area contributed by atoms with Crippen LogP contribution in [-0.4, -0.2) is 15.7 Å². The Balaban J connectivity index is 2.02. The number of carbonyl (C=O) groups excluding carboxylic acids is 1. The summed E-state index contributed by atoms with van der Waals surface area (Å²) in [6, 6.07) is 9.71. The molecule has 106 valence electrons. The van der Waals surface area contributed by atoms with E-state index in [0.29, 0.717) is 24.1 Å². The minimum absolute atomic E-state index is 0.0739. The van der Waals surface area contributed by atoms with Crippen LogP contribution in [0.1, 0.15) is 28.9 Å². The van der Waals surface area contributed by atoms with Crippen LogP contribution >= 0.6 is 11.6 Å². The molecule has 0 spiro atoms. The molecular formula is C15H11ClN2O3. The van der Waals surface area contributed by atoms with Gasteiger partial charge in [-0.25, -0.2) is 0 Å². The molecule has 1 fully saturated rings. The topological polar surface area (TPSA) is 73.1 Å². The summed E-state index contributed by atoms with van der Waals surface area (Å²) in [7, 11) is 0. The van der Waals surface area contributed by atoms with Crippen LogP contribution in [0.5, 0.6) is 0 Å². The second kappa shape index (κ2) is 4.93. The van der Waals surface area contributed by atoms with Crippen LogP contribution < -0.4 is 0 Å². The van der Waals surface area contributed by atoms with Crippen LogP contribution in [-0.2, 0) is 5.41 Å². The van der Waals surface area contributed by atoms with Gasteiger partial charge < -0.3 is 0 Å². The van der Waals surface area contributed by atoms with E-state index >= 15 is 0 Å². The van der Waals surface area contributed by atoms with E-state index in [-0.39, 0.29) is 16.5 Å². The van der Waals surface area contributed by atoms with Crippen molar-refractivity contribution in [2.24, 2.45) is 0 Å². The predicted octanol–water partition coefficient (Wildman–Crippen LogP) is 3.56. The van der Waals surface area contributed by atoms with E-state index in [1.54, 1.807) is 30.5 Å². The second-order valence-corrected chi connectivity index (χ2v) is 5.46. The van der Waals surface area contributed by atoms with Crippen molar-refractivity contribution in [1.82, 2.24) is 4.98 Å². The maximum absolute atomic E-state index is 12.6. The Bertz CT molecular complexity index is 727. The Morgan fingerprint density at radius 3 is 2.62 bits per heavy atom. The zero-order valence-electron chi connectivity index (χ0n) is 11.0. The quantitative estimate of drug-likeness (QED) is 0.492. The number of aromatic nitrogens is 1. The van der Waals surface area contributed by atoms with Gasteiger partial charge in [-0.15, -0.1) is 0 Å². The zero-order chi connectivity index (χ0) is 15.0. The summed E-state index contributed by atoms with van der Waals surface area (Å²) in [5, 5.41) is 11.1. The average molecular weight is 303 g/mol. The number of Topliss-reactive ketones (excluding diaryl/α,β-unsaturated/α-hetero) is 1. The Labute approximate surface area is 125 Å². The molecular weight excluding hydrogens is 292 g/mol. The smallest absolute Gasteiger partial charge is 0.288 e. The largest absolute Gasteiger partial charge is 0.291 e. The molecule has 3 rings (SSSR count). The number of nitrogens with zero attached hydrogens (tertiary/aromatic N) is 2. The molecule has 2 aromatic rings. The number of hydrogen-bond donors (Lipinski definition) is 0. The Morgan fingerprint density at radius 1 is 1.29 bits per heavy atom. The lowest BCUT2D eigenvalue weighted by atomic mass is 9.89. The third-order valence-electron chi connectivity index (χ3n) is 3.78. The van der Waals surface area contributed by atoms with Crippen LogP contribution in [0.4, 0.5) is 5.69 Å². The van der Waals surface area contributed by atoms with Gasteiger partial charge >= 0.3 is 0 Å². The first-order chi connectivity index (χ1) is 10.0. The van der Waals surface area contributed by atoms with Crippen molar-refractivity contribution in [3.63, 3.8) is 0 Å². The van der Waals surface area contributed by atoms with Gasteiger partial charge in [0.2, 0.25) is 0 Å². The SMILES string of the molecule is O=C(c1ccccn1)C1(c2ccc(Cl)c([N+](=O)[O-])c2)CC1. The zero-order valence-corrected chi connectivity index (χ0v) is 11.7. The van der Waals surface area contributed by atoms with E-state index in [9.17, 15) is 14.9 Å². The highest BCUT2D eigenvalue weighted by Gasteiger charge is 2.52. The highest BCUT2D eigenvalue weighted by atomic mass is 35.5. The summed E-state index contributed by atoms with van der Waals surface area (Å²) in [5.41, 5.74) is 0.153. The van der Waals surface area contributed by atoms with Crippen molar-refractivity contribution in [3.05, 3.63) is 69.0 Å². The molecule has 1 saturated carbocycles. The maximum atomic E-state index is 12.6. The minimum atomic E-state index is -0.691. The molecule has 0 saturated heterocycles. The molecule has 1 heterocycles. The number of carbonyl (C=O) groups is 1. The lowest BCUT2D eigenvalue weighted by Gasteiger charge is -2.14. The lowest BCUT2D eigenvalue weighted by Crippen LogP contribution is -2.21. The fraction of sp³-hybridized carbons (Fsp3) is 0.200. The van der Waals surface area contributed by atoms with E-state index in [0.717, 1.165) is 0 Å². The van der Waals surface area contributed by atoms with E-state index in [1.807, 2.05) is 0 Å². The van der Waals surface area contributed by atoms with Gasteiger partial charge in [0, 0.05) is 12.3 Å². The Kier molecular flexibility index (Phi) is 3.22. The molecule has 0 N–H and O–H groups in total. The lowest BCUT2D eigenvalue weighted by molar-refractivity contribution is -0.384. The van der Waals surface area contributed by atoms with Crippen molar-refractivity contribution in [1.29, 1.82) is 0 Å². The van der Waals surface area contributed by atoms with Gasteiger partial charge in [-0.05, 0) is 36.6 Å². The van der Waals surface area contributed by atoms with Gasteiger partial charge in [-0.1, -0.05) is 23.7 Å². The fourth-order valence-electron chi connectivity index (χ4n) is 2.46. The number of halogens is 1. The molecule has 1 aromatic heterocycles. The predicted molar refractivity (Wildman–Crippen MR) is 77.6 cm³/mol. The summed E-state index contributed by atoms with van der Waals surface area (Å²) >= 11 is 5.82. The summed E-state index contributed by atoms with van der Waals surface area (Å²) in [6.07, 6.45) is 2.90. The van der Waals surface area contributed by atoms with Gasteiger partial charge in [0.05, 0.1) is 10.3 Å². The molecule has 0 bridgehead atoms. The van der Waals surface area contributed by atoms with Gasteiger partial charge in [-0.2, -0.15) is 0 Å². The molecule has 0 aliphatic heterocycles. The molecule has 1 aliphatic carbocycles. The number of hydrogen-bond acceptors (Lipinski definition) is 4. The molecule has 5 nitrogen and oxygen atoms in total. The summed E-state index contributed by atoms with van der Waals surface area (Å²) in [5.74, 6) is -0.0975. The van der Waals surface area contributed by atoms with Crippen LogP contribution in [0, 0.1) is 10.1 Å². The monoisotopic (exact) mass is 302 g/mol. The van der Waals surface area contributed by atoms with Crippen LogP contribution in [0.15, 0.2) is 42.6 Å². The van der Waals surface area contributed by atoms with Gasteiger partial charge in [0.1, 0.15) is 10.7 Å². The molecule has 21 heavy (non-hydrogen) atoms. The highest BCUT2D eigenvalue weighted by molar-refractivity contribution is 6.32. The third-order valence-corrected chi connectivity index (χ3v) is 4.10. The molecule has 0 amide bonds. The number of nitro benzene ring substituents is 1. The Hall–Kier alpha value is -2.27. The summed E-state index contributed by atoms with van der Waals surface area (Å²) < 4.78 is 0. The van der Waals surface area contributed by atoms with Crippen LogP contribution in [0.3, 0.4) is 0 Å². The standard InChI is InChI=1S/C15H11ClN2O3/c16-11-5-4-10(9-13(11)18(20)21)15(6-7-15)14(19)12-3-1-2-8-17-12/h1-5,8-9H,6-7H2. The van der Waals surface area contributed by atoms with E-state index < -0.39 is 10.3 Å². The molecule has 1 aliphatic rings. The van der Waals surface area contributed by atoms with Gasteiger partial charge in [-0.3, -0.25) is 19.9 Å². The van der Waals surface area contributed by atoms with E-state index in [1.165, 1.54) is 12.1 Å². The van der Waals surface area contributed by atoms with Crippen molar-refractivity contribution in [2.75, 3.05) is 0 Å². The number of nitro groups is 1. The van der Waals surface area contributed by atoms with Gasteiger partial charge in [0.15, 0.2) is 5.78 Å². The van der Waals surface area contributed by atoms with Crippen LogP contribution in [0.2, 0.25) is 5.02 Å². The molecule has 0 unspecified atom stereocenters. The first-order valence-corrected chi connectivity index (χ1v) is 6.83. The normalized spacial score (nSPS) is 15.5. The van der Waals surface area contributed by atoms with Gasteiger partial charge in [0.25, 0.3) is 5.69 Å². The van der Waals surface area contributed by atoms with E-state index in [2.05, 4.69) is 4.98 Å². The maximum Gasteiger partial charge on any atom is 0.288 e. The fourth-order valence-corrected chi connectivity index (χ4v) is 2.65. The molecule has 1 aromatic carbocycles. The van der Waals surface area contributed by atoms with Crippen molar-refractivity contribution < 1.29 is 9.72 Å². The number of benzene rings is 1. The second-order valence-electron chi connectivity index (χ2n) is 5.05. The first kappa shape index (κ1) is 13.7. The Morgan fingerprint density at radius 2 is 2.05 bits per heavy atom. The van der Waals surface area contributed by atoms with Crippen LogP contribution in [0.25, 0.3) is 0 Å². The number of rotatable bonds is 4. The highest BCUT2D eigenvalue weighted by Crippen LogP contribution is 2.51. The third kappa shape index (κ3) is 2.29. The minimum Gasteiger partial charge on any atom is -0.291 e. The molecule has 0 radical (unpaired) electrons.